The molecular formula is C12H12N2. The summed E-state index contributed by atoms with van der Waals surface area (Å²) in [5, 5.41) is 4.23. The van der Waals surface area contributed by atoms with Gasteiger partial charge in [0.15, 0.2) is 0 Å². The first-order valence-electron chi connectivity index (χ1n) is 4.57. The third kappa shape index (κ3) is 1.91. The van der Waals surface area contributed by atoms with Gasteiger partial charge >= 0.3 is 0 Å². The van der Waals surface area contributed by atoms with Crippen LogP contribution in [-0.4, -0.2) is 9.78 Å². The van der Waals surface area contributed by atoms with Crippen LogP contribution in [0.5, 0.6) is 0 Å². The molecule has 0 atom stereocenters. The van der Waals surface area contributed by atoms with Crippen LogP contribution in [0.4, 0.5) is 0 Å². The maximum absolute atomic E-state index is 4.23. The molecule has 0 saturated carbocycles. The Balaban J connectivity index is 2.15. The Bertz CT molecular complexity index is 415. The summed E-state index contributed by atoms with van der Waals surface area (Å²) >= 11 is 0. The predicted molar refractivity (Wildman–Crippen MR) is 57.9 cm³/mol. The van der Waals surface area contributed by atoms with Crippen molar-refractivity contribution in [2.75, 3.05) is 0 Å². The molecule has 70 valence electrons. The molecule has 2 aromatic rings. The molecule has 0 amide bonds. The number of rotatable bonds is 3. The highest BCUT2D eigenvalue weighted by atomic mass is 15.3. The van der Waals surface area contributed by atoms with Crippen LogP contribution < -0.4 is 0 Å². The van der Waals surface area contributed by atoms with Gasteiger partial charge in [0.2, 0.25) is 0 Å². The molecule has 0 saturated heterocycles. The van der Waals surface area contributed by atoms with Crippen molar-refractivity contribution in [2.45, 2.75) is 6.54 Å². The van der Waals surface area contributed by atoms with Gasteiger partial charge in [-0.3, -0.25) is 4.68 Å². The Hall–Kier alpha value is -1.83. The van der Waals surface area contributed by atoms with Gasteiger partial charge in [0.05, 0.1) is 12.7 Å². The molecule has 0 aliphatic carbocycles. The minimum Gasteiger partial charge on any atom is -0.268 e. The highest BCUT2D eigenvalue weighted by Crippen LogP contribution is 2.04. The average Bonchev–Trinajstić information content (AvgIpc) is 2.67. The van der Waals surface area contributed by atoms with Gasteiger partial charge in [-0.1, -0.05) is 43.0 Å². The van der Waals surface area contributed by atoms with Crippen molar-refractivity contribution in [1.82, 2.24) is 9.78 Å². The van der Waals surface area contributed by atoms with Gasteiger partial charge < -0.3 is 0 Å². The lowest BCUT2D eigenvalue weighted by atomic mass is 10.2. The van der Waals surface area contributed by atoms with Crippen molar-refractivity contribution in [1.29, 1.82) is 0 Å². The first-order valence-corrected chi connectivity index (χ1v) is 4.57. The summed E-state index contributed by atoms with van der Waals surface area (Å²) in [6.07, 6.45) is 5.60. The van der Waals surface area contributed by atoms with E-state index in [2.05, 4.69) is 23.8 Å². The number of aromatic nitrogens is 2. The van der Waals surface area contributed by atoms with Gasteiger partial charge in [0.25, 0.3) is 0 Å². The Labute approximate surface area is 83.5 Å². The molecule has 1 aromatic carbocycles. The molecule has 0 fully saturated rings. The van der Waals surface area contributed by atoms with Gasteiger partial charge in [0, 0.05) is 11.8 Å². The van der Waals surface area contributed by atoms with E-state index in [1.54, 1.807) is 6.08 Å². The van der Waals surface area contributed by atoms with Crippen LogP contribution in [0, 0.1) is 0 Å². The molecule has 2 heteroatoms. The Morgan fingerprint density at radius 3 is 2.71 bits per heavy atom. The fourth-order valence-corrected chi connectivity index (χ4v) is 1.34. The SMILES string of the molecule is C=Cc1cnn(Cc2ccccc2)c1. The maximum Gasteiger partial charge on any atom is 0.0659 e. The fraction of sp³-hybridized carbons (Fsp3) is 0.0833. The van der Waals surface area contributed by atoms with Crippen molar-refractivity contribution >= 4 is 6.08 Å². The monoisotopic (exact) mass is 184 g/mol. The third-order valence-corrected chi connectivity index (χ3v) is 2.08. The second kappa shape index (κ2) is 3.92. The van der Waals surface area contributed by atoms with Gasteiger partial charge in [-0.25, -0.2) is 0 Å². The first kappa shape index (κ1) is 8.75. The molecular weight excluding hydrogens is 172 g/mol. The zero-order chi connectivity index (χ0) is 9.80. The lowest BCUT2D eigenvalue weighted by Gasteiger charge is -2.00. The molecule has 0 N–H and O–H groups in total. The molecule has 0 spiro atoms. The standard InChI is InChI=1S/C12H12N2/c1-2-11-8-13-14(9-11)10-12-6-4-3-5-7-12/h2-9H,1,10H2. The highest BCUT2D eigenvalue weighted by molar-refractivity contribution is 5.43. The average molecular weight is 184 g/mol. The number of benzene rings is 1. The molecule has 1 aromatic heterocycles. The summed E-state index contributed by atoms with van der Waals surface area (Å²) in [5.41, 5.74) is 2.31. The van der Waals surface area contributed by atoms with E-state index in [-0.39, 0.29) is 0 Å². The fourth-order valence-electron chi connectivity index (χ4n) is 1.34. The minimum absolute atomic E-state index is 0.814. The van der Waals surface area contributed by atoms with Crippen molar-refractivity contribution in [3.8, 4) is 0 Å². The number of hydrogen-bond acceptors (Lipinski definition) is 1. The van der Waals surface area contributed by atoms with Crippen molar-refractivity contribution < 1.29 is 0 Å². The summed E-state index contributed by atoms with van der Waals surface area (Å²) in [4.78, 5) is 0. The van der Waals surface area contributed by atoms with Crippen LogP contribution in [0.3, 0.4) is 0 Å². The maximum atomic E-state index is 4.23. The van der Waals surface area contributed by atoms with Gasteiger partial charge in [-0.15, -0.1) is 0 Å². The topological polar surface area (TPSA) is 17.8 Å². The van der Waals surface area contributed by atoms with E-state index in [9.17, 15) is 0 Å². The van der Waals surface area contributed by atoms with E-state index >= 15 is 0 Å². The zero-order valence-corrected chi connectivity index (χ0v) is 7.93. The van der Waals surface area contributed by atoms with E-state index in [1.807, 2.05) is 35.3 Å². The van der Waals surface area contributed by atoms with Crippen molar-refractivity contribution in [3.05, 3.63) is 60.4 Å². The van der Waals surface area contributed by atoms with Gasteiger partial charge in [0.1, 0.15) is 0 Å². The van der Waals surface area contributed by atoms with Gasteiger partial charge in [-0.2, -0.15) is 5.10 Å². The normalized spacial score (nSPS) is 10.0. The third-order valence-electron chi connectivity index (χ3n) is 2.08. The van der Waals surface area contributed by atoms with E-state index in [0.717, 1.165) is 12.1 Å². The molecule has 0 aliphatic rings. The van der Waals surface area contributed by atoms with Crippen LogP contribution >= 0.6 is 0 Å². The van der Waals surface area contributed by atoms with Crippen molar-refractivity contribution in [2.24, 2.45) is 0 Å². The van der Waals surface area contributed by atoms with E-state index in [0.29, 0.717) is 0 Å². The largest absolute Gasteiger partial charge is 0.268 e. The molecule has 1 heterocycles. The summed E-state index contributed by atoms with van der Waals surface area (Å²) < 4.78 is 1.91. The molecule has 2 rings (SSSR count). The Morgan fingerprint density at radius 1 is 1.29 bits per heavy atom. The quantitative estimate of drug-likeness (QED) is 0.716. The lowest BCUT2D eigenvalue weighted by molar-refractivity contribution is 0.687. The molecule has 14 heavy (non-hydrogen) atoms. The molecule has 0 bridgehead atoms. The van der Waals surface area contributed by atoms with Crippen LogP contribution in [-0.2, 0) is 6.54 Å². The van der Waals surface area contributed by atoms with E-state index in [4.69, 9.17) is 0 Å². The predicted octanol–water partition coefficient (Wildman–Crippen LogP) is 2.57. The summed E-state index contributed by atoms with van der Waals surface area (Å²) in [7, 11) is 0. The minimum atomic E-state index is 0.814. The molecule has 0 radical (unpaired) electrons. The van der Waals surface area contributed by atoms with Crippen LogP contribution in [0.25, 0.3) is 6.08 Å². The number of hydrogen-bond donors (Lipinski definition) is 0. The molecule has 0 aliphatic heterocycles. The smallest absolute Gasteiger partial charge is 0.0659 e. The lowest BCUT2D eigenvalue weighted by Crippen LogP contribution is -1.98. The van der Waals surface area contributed by atoms with Crippen LogP contribution in [0.1, 0.15) is 11.1 Å². The Kier molecular flexibility index (Phi) is 2.45. The van der Waals surface area contributed by atoms with Crippen molar-refractivity contribution in [3.63, 3.8) is 0 Å². The van der Waals surface area contributed by atoms with E-state index < -0.39 is 0 Å². The Morgan fingerprint density at radius 2 is 2.07 bits per heavy atom. The summed E-state index contributed by atoms with van der Waals surface area (Å²) in [5.74, 6) is 0. The highest BCUT2D eigenvalue weighted by Gasteiger charge is 1.95. The molecule has 2 nitrogen and oxygen atoms in total. The molecule has 0 unspecified atom stereocenters. The number of nitrogens with zero attached hydrogens (tertiary/aromatic N) is 2. The van der Waals surface area contributed by atoms with Crippen LogP contribution in [0.2, 0.25) is 0 Å². The van der Waals surface area contributed by atoms with E-state index in [1.165, 1.54) is 5.56 Å². The first-order chi connectivity index (χ1) is 6.88. The second-order valence-corrected chi connectivity index (χ2v) is 3.16. The summed E-state index contributed by atoms with van der Waals surface area (Å²) in [6.45, 7) is 4.51. The zero-order valence-electron chi connectivity index (χ0n) is 7.93. The summed E-state index contributed by atoms with van der Waals surface area (Å²) in [6, 6.07) is 10.3. The van der Waals surface area contributed by atoms with Gasteiger partial charge in [-0.05, 0) is 5.56 Å². The second-order valence-electron chi connectivity index (χ2n) is 3.16. The van der Waals surface area contributed by atoms with Crippen LogP contribution in [0.15, 0.2) is 49.3 Å².